The third-order valence-corrected chi connectivity index (χ3v) is 4.05. The molecule has 0 aliphatic heterocycles. The van der Waals surface area contributed by atoms with Crippen molar-refractivity contribution in [2.24, 2.45) is 5.10 Å². The fourth-order valence-electron chi connectivity index (χ4n) is 2.16. The van der Waals surface area contributed by atoms with Gasteiger partial charge in [-0.1, -0.05) is 31.2 Å². The molecule has 0 spiro atoms. The van der Waals surface area contributed by atoms with Gasteiger partial charge in [0.2, 0.25) is 0 Å². The van der Waals surface area contributed by atoms with Crippen LogP contribution < -0.4 is 20.6 Å². The molecule has 0 fully saturated rings. The van der Waals surface area contributed by atoms with Crippen LogP contribution in [0, 0.1) is 0 Å². The maximum atomic E-state index is 11.6. The monoisotopic (exact) mass is 396 g/mol. The van der Waals surface area contributed by atoms with Crippen molar-refractivity contribution in [3.8, 4) is 5.75 Å². The van der Waals surface area contributed by atoms with Crippen molar-refractivity contribution in [1.29, 1.82) is 0 Å². The predicted molar refractivity (Wildman–Crippen MR) is 105 cm³/mol. The van der Waals surface area contributed by atoms with Crippen molar-refractivity contribution in [3.05, 3.63) is 65.2 Å². The Bertz CT molecular complexity index is 876. The molecule has 0 radical (unpaired) electrons. The van der Waals surface area contributed by atoms with Gasteiger partial charge < -0.3 is 20.0 Å². The van der Waals surface area contributed by atoms with E-state index in [9.17, 15) is 19.5 Å². The van der Waals surface area contributed by atoms with Gasteiger partial charge in [-0.2, -0.15) is 5.10 Å². The molecule has 8 heteroatoms. The summed E-state index contributed by atoms with van der Waals surface area (Å²) in [5.41, 5.74) is 3.81. The number of hydrogen-bond donors (Lipinski definition) is 2. The minimum absolute atomic E-state index is 0.0862. The van der Waals surface area contributed by atoms with Crippen molar-refractivity contribution in [1.82, 2.24) is 10.7 Å². The van der Waals surface area contributed by atoms with Gasteiger partial charge in [0.15, 0.2) is 0 Å². The number of benzene rings is 2. The Hall–Kier alpha value is -3.68. The van der Waals surface area contributed by atoms with Crippen molar-refractivity contribution < 1.29 is 24.2 Å². The molecule has 2 aromatic carbocycles. The summed E-state index contributed by atoms with van der Waals surface area (Å²) in [6.45, 7) is 3.99. The first kappa shape index (κ1) is 21.6. The quantitative estimate of drug-likeness (QED) is 0.392. The normalized spacial score (nSPS) is 11.7. The van der Waals surface area contributed by atoms with E-state index < -0.39 is 17.8 Å². The first-order valence-corrected chi connectivity index (χ1v) is 9.06. The number of carboxylic acid groups (broad SMARTS) is 1. The highest BCUT2D eigenvalue weighted by Gasteiger charge is 2.14. The first-order valence-electron chi connectivity index (χ1n) is 9.06. The van der Waals surface area contributed by atoms with E-state index in [0.29, 0.717) is 11.3 Å². The van der Waals surface area contributed by atoms with E-state index >= 15 is 0 Å². The molecule has 0 saturated heterocycles. The molecular weight excluding hydrogens is 374 g/mol. The Morgan fingerprint density at radius 3 is 2.31 bits per heavy atom. The smallest absolute Gasteiger partial charge is 0.329 e. The van der Waals surface area contributed by atoms with Crippen LogP contribution in [0.5, 0.6) is 5.75 Å². The van der Waals surface area contributed by atoms with Crippen molar-refractivity contribution in [2.75, 3.05) is 0 Å². The number of aromatic carboxylic acids is 1. The molecule has 0 bridgehead atoms. The van der Waals surface area contributed by atoms with Crippen LogP contribution in [0.15, 0.2) is 53.6 Å². The summed E-state index contributed by atoms with van der Waals surface area (Å²) in [6.07, 6.45) is 2.14. The van der Waals surface area contributed by atoms with Crippen LogP contribution in [0.25, 0.3) is 0 Å². The maximum absolute atomic E-state index is 11.6. The SMILES string of the molecule is CC[C@@H](C)NC(=O)C(=O)N/N=C\c1ccc(OCc2ccc(C(=O)[O-])cc2)cc1. The largest absolute Gasteiger partial charge is 0.545 e. The Morgan fingerprint density at radius 2 is 1.72 bits per heavy atom. The van der Waals surface area contributed by atoms with E-state index in [1.807, 2.05) is 6.92 Å². The highest BCUT2D eigenvalue weighted by molar-refractivity contribution is 6.35. The lowest BCUT2D eigenvalue weighted by Crippen LogP contribution is -2.41. The van der Waals surface area contributed by atoms with Gasteiger partial charge in [-0.05, 0) is 54.3 Å². The molecule has 2 aromatic rings. The molecule has 2 rings (SSSR count). The van der Waals surface area contributed by atoms with E-state index in [1.165, 1.54) is 18.3 Å². The summed E-state index contributed by atoms with van der Waals surface area (Å²) in [5, 5.41) is 17.0. The Labute approximate surface area is 168 Å². The lowest BCUT2D eigenvalue weighted by Gasteiger charge is -2.09. The number of hydrazone groups is 1. The topological polar surface area (TPSA) is 120 Å². The Kier molecular flexibility index (Phi) is 7.90. The van der Waals surface area contributed by atoms with Gasteiger partial charge in [-0.25, -0.2) is 5.43 Å². The summed E-state index contributed by atoms with van der Waals surface area (Å²) in [6, 6.07) is 13.1. The number of nitrogens with zero attached hydrogens (tertiary/aromatic N) is 1. The van der Waals surface area contributed by atoms with Crippen LogP contribution in [0.2, 0.25) is 0 Å². The summed E-state index contributed by atoms with van der Waals surface area (Å²) in [4.78, 5) is 33.9. The van der Waals surface area contributed by atoms with Gasteiger partial charge in [0.1, 0.15) is 12.4 Å². The number of nitrogens with one attached hydrogen (secondary N) is 2. The molecule has 0 aromatic heterocycles. The Morgan fingerprint density at radius 1 is 1.07 bits per heavy atom. The number of hydrogen-bond acceptors (Lipinski definition) is 6. The molecule has 8 nitrogen and oxygen atoms in total. The van der Waals surface area contributed by atoms with Crippen LogP contribution in [0.3, 0.4) is 0 Å². The van der Waals surface area contributed by atoms with Gasteiger partial charge in [0.25, 0.3) is 0 Å². The van der Waals surface area contributed by atoms with Crippen LogP contribution in [-0.4, -0.2) is 30.0 Å². The molecule has 29 heavy (non-hydrogen) atoms. The van der Waals surface area contributed by atoms with E-state index in [-0.39, 0.29) is 18.2 Å². The number of ether oxygens (including phenoxy) is 1. The standard InChI is InChI=1S/C21H23N3O5/c1-3-14(2)23-19(25)20(26)24-22-12-15-6-10-18(11-7-15)29-13-16-4-8-17(9-5-16)21(27)28/h4-12,14H,3,13H2,1-2H3,(H,23,25)(H,24,26)(H,27,28)/p-1/b22-12-/t14-/m1/s1. The summed E-state index contributed by atoms with van der Waals surface area (Å²) in [5.74, 6) is -2.16. The molecule has 0 saturated carbocycles. The molecule has 0 heterocycles. The van der Waals surface area contributed by atoms with Crippen LogP contribution in [0.1, 0.15) is 41.8 Å². The third-order valence-electron chi connectivity index (χ3n) is 4.05. The van der Waals surface area contributed by atoms with Crippen molar-refractivity contribution >= 4 is 24.0 Å². The van der Waals surface area contributed by atoms with E-state index in [1.54, 1.807) is 43.3 Å². The minimum Gasteiger partial charge on any atom is -0.545 e. The zero-order chi connectivity index (χ0) is 21.2. The zero-order valence-corrected chi connectivity index (χ0v) is 16.2. The molecular formula is C21H22N3O5-. The number of carbonyl (C=O) groups excluding carboxylic acids is 3. The minimum atomic E-state index is -1.22. The Balaban J connectivity index is 1.82. The number of carboxylic acids is 1. The summed E-state index contributed by atoms with van der Waals surface area (Å²) < 4.78 is 5.64. The van der Waals surface area contributed by atoms with Gasteiger partial charge >= 0.3 is 11.8 Å². The lowest BCUT2D eigenvalue weighted by molar-refractivity contribution is -0.255. The highest BCUT2D eigenvalue weighted by Crippen LogP contribution is 2.14. The summed E-state index contributed by atoms with van der Waals surface area (Å²) in [7, 11) is 0. The first-order chi connectivity index (χ1) is 13.9. The average Bonchev–Trinajstić information content (AvgIpc) is 2.73. The number of amides is 2. The number of carbonyl (C=O) groups is 3. The second-order valence-corrected chi connectivity index (χ2v) is 6.32. The average molecular weight is 396 g/mol. The molecule has 0 aliphatic rings. The maximum Gasteiger partial charge on any atom is 0.329 e. The van der Waals surface area contributed by atoms with E-state index in [2.05, 4.69) is 15.8 Å². The van der Waals surface area contributed by atoms with Crippen LogP contribution >= 0.6 is 0 Å². The van der Waals surface area contributed by atoms with Gasteiger partial charge in [0.05, 0.1) is 12.2 Å². The van der Waals surface area contributed by atoms with Gasteiger partial charge in [0, 0.05) is 6.04 Å². The van der Waals surface area contributed by atoms with Gasteiger partial charge in [-0.15, -0.1) is 0 Å². The van der Waals surface area contributed by atoms with E-state index in [0.717, 1.165) is 12.0 Å². The second-order valence-electron chi connectivity index (χ2n) is 6.32. The third kappa shape index (κ3) is 7.10. The zero-order valence-electron chi connectivity index (χ0n) is 16.2. The molecule has 152 valence electrons. The molecule has 0 unspecified atom stereocenters. The van der Waals surface area contributed by atoms with E-state index in [4.69, 9.17) is 4.74 Å². The second kappa shape index (κ2) is 10.6. The molecule has 2 amide bonds. The van der Waals surface area contributed by atoms with Crippen molar-refractivity contribution in [2.45, 2.75) is 32.9 Å². The lowest BCUT2D eigenvalue weighted by atomic mass is 10.1. The fraction of sp³-hybridized carbons (Fsp3) is 0.238. The fourth-order valence-corrected chi connectivity index (χ4v) is 2.16. The predicted octanol–water partition coefficient (Wildman–Crippen LogP) is 0.994. The van der Waals surface area contributed by atoms with Crippen molar-refractivity contribution in [3.63, 3.8) is 0 Å². The highest BCUT2D eigenvalue weighted by atomic mass is 16.5. The molecule has 0 aliphatic carbocycles. The van der Waals surface area contributed by atoms with Crippen LogP contribution in [-0.2, 0) is 16.2 Å². The van der Waals surface area contributed by atoms with Crippen LogP contribution in [0.4, 0.5) is 0 Å². The molecule has 1 atom stereocenters. The van der Waals surface area contributed by atoms with Gasteiger partial charge in [-0.3, -0.25) is 9.59 Å². The summed E-state index contributed by atoms with van der Waals surface area (Å²) >= 11 is 0. The number of rotatable bonds is 8. The molecule has 2 N–H and O–H groups in total.